The Hall–Kier alpha value is -1.59. The molecule has 296 valence electrons. The second-order valence-corrected chi connectivity index (χ2v) is 15.7. The first kappa shape index (κ1) is 48.4. The van der Waals surface area contributed by atoms with Crippen molar-refractivity contribution in [2.45, 2.75) is 240 Å². The molecule has 0 saturated carbocycles. The summed E-state index contributed by atoms with van der Waals surface area (Å²) in [7, 11) is 0. The van der Waals surface area contributed by atoms with Crippen molar-refractivity contribution in [3.8, 4) is 0 Å². The molecule has 0 aliphatic heterocycles. The fourth-order valence-corrected chi connectivity index (χ4v) is 6.37. The lowest BCUT2D eigenvalue weighted by Gasteiger charge is -2.18. The van der Waals surface area contributed by atoms with Crippen LogP contribution >= 0.6 is 0 Å². The summed E-state index contributed by atoms with van der Waals surface area (Å²) in [5.41, 5.74) is 0. The van der Waals surface area contributed by atoms with E-state index in [9.17, 15) is 14.4 Å². The molecule has 0 heterocycles. The van der Waals surface area contributed by atoms with E-state index < -0.39 is 6.10 Å². The largest absolute Gasteiger partial charge is 0.462 e. The Morgan fingerprint density at radius 3 is 1.14 bits per heavy atom. The molecule has 0 aromatic rings. The van der Waals surface area contributed by atoms with Crippen molar-refractivity contribution in [3.63, 3.8) is 0 Å². The number of hydrogen-bond acceptors (Lipinski definition) is 6. The van der Waals surface area contributed by atoms with Crippen LogP contribution in [0.2, 0.25) is 0 Å². The Morgan fingerprint density at radius 1 is 0.420 bits per heavy atom. The van der Waals surface area contributed by atoms with Crippen molar-refractivity contribution in [1.29, 1.82) is 0 Å². The van der Waals surface area contributed by atoms with Gasteiger partial charge in [0.05, 0.1) is 0 Å². The predicted molar refractivity (Wildman–Crippen MR) is 210 cm³/mol. The molecule has 0 bridgehead atoms. The van der Waals surface area contributed by atoms with Crippen LogP contribution in [-0.4, -0.2) is 37.2 Å². The Labute approximate surface area is 310 Å². The van der Waals surface area contributed by atoms with Gasteiger partial charge in [-0.05, 0) is 31.1 Å². The molecule has 0 fully saturated rings. The first-order chi connectivity index (χ1) is 24.3. The third-order valence-electron chi connectivity index (χ3n) is 10.1. The molecule has 0 aliphatic rings. The van der Waals surface area contributed by atoms with Gasteiger partial charge in [0.1, 0.15) is 13.2 Å². The highest BCUT2D eigenvalue weighted by atomic mass is 16.6. The zero-order valence-electron chi connectivity index (χ0n) is 34.0. The smallest absolute Gasteiger partial charge is 0.306 e. The zero-order chi connectivity index (χ0) is 36.9. The maximum atomic E-state index is 12.5. The maximum Gasteiger partial charge on any atom is 0.306 e. The minimum Gasteiger partial charge on any atom is -0.462 e. The van der Waals surface area contributed by atoms with Crippen molar-refractivity contribution >= 4 is 17.9 Å². The molecule has 50 heavy (non-hydrogen) atoms. The SMILES string of the molecule is CCCCCCCC(=O)O[C@@H](COC(=O)CCCCCCCCCCCCCCC(C)C)COC(=O)CCCCCCCCCCC(C)CC. The third-order valence-corrected chi connectivity index (χ3v) is 10.1. The number of hydrogen-bond donors (Lipinski definition) is 0. The summed E-state index contributed by atoms with van der Waals surface area (Å²) in [4.78, 5) is 37.4. The van der Waals surface area contributed by atoms with E-state index in [1.807, 2.05) is 0 Å². The van der Waals surface area contributed by atoms with E-state index >= 15 is 0 Å². The fourth-order valence-electron chi connectivity index (χ4n) is 6.37. The van der Waals surface area contributed by atoms with Crippen LogP contribution in [0.4, 0.5) is 0 Å². The van der Waals surface area contributed by atoms with E-state index in [-0.39, 0.29) is 31.1 Å². The van der Waals surface area contributed by atoms with Gasteiger partial charge in [0.15, 0.2) is 6.10 Å². The molecule has 6 heteroatoms. The van der Waals surface area contributed by atoms with E-state index in [4.69, 9.17) is 14.2 Å². The van der Waals surface area contributed by atoms with Crippen molar-refractivity contribution in [3.05, 3.63) is 0 Å². The number of ether oxygens (including phenoxy) is 3. The van der Waals surface area contributed by atoms with Crippen LogP contribution in [0.1, 0.15) is 234 Å². The highest BCUT2D eigenvalue weighted by Gasteiger charge is 2.19. The Kier molecular flexibility index (Phi) is 36.0. The molecule has 0 amide bonds. The van der Waals surface area contributed by atoms with Crippen molar-refractivity contribution in [2.24, 2.45) is 11.8 Å². The standard InChI is InChI=1S/C44H84O6/c1-6-8-9-22-31-36-44(47)50-41(38-49-43(46)35-30-26-21-17-16-19-24-28-33-40(5)7-2)37-48-42(45)34-29-25-20-15-13-11-10-12-14-18-23-27-32-39(3)4/h39-41H,6-38H2,1-5H3/t40?,41-/m0/s1. The van der Waals surface area contributed by atoms with Gasteiger partial charge in [-0.25, -0.2) is 0 Å². The normalized spacial score (nSPS) is 12.6. The quantitative estimate of drug-likeness (QED) is 0.0361. The van der Waals surface area contributed by atoms with E-state index in [2.05, 4.69) is 34.6 Å². The van der Waals surface area contributed by atoms with Gasteiger partial charge in [-0.15, -0.1) is 0 Å². The van der Waals surface area contributed by atoms with Crippen LogP contribution < -0.4 is 0 Å². The van der Waals surface area contributed by atoms with Gasteiger partial charge >= 0.3 is 17.9 Å². The van der Waals surface area contributed by atoms with Crippen molar-refractivity contribution in [1.82, 2.24) is 0 Å². The molecule has 0 rings (SSSR count). The summed E-state index contributed by atoms with van der Waals surface area (Å²) in [6, 6.07) is 0. The predicted octanol–water partition coefficient (Wildman–Crippen LogP) is 13.4. The zero-order valence-corrected chi connectivity index (χ0v) is 34.0. The van der Waals surface area contributed by atoms with Crippen LogP contribution in [0.25, 0.3) is 0 Å². The number of esters is 3. The molecular formula is C44H84O6. The van der Waals surface area contributed by atoms with E-state index in [0.29, 0.717) is 19.3 Å². The fraction of sp³-hybridized carbons (Fsp3) is 0.932. The number of rotatable bonds is 38. The second kappa shape index (κ2) is 37.2. The van der Waals surface area contributed by atoms with E-state index in [1.54, 1.807) is 0 Å². The average Bonchev–Trinajstić information content (AvgIpc) is 3.09. The van der Waals surface area contributed by atoms with Crippen molar-refractivity contribution < 1.29 is 28.6 Å². The monoisotopic (exact) mass is 709 g/mol. The Balaban J connectivity index is 4.17. The van der Waals surface area contributed by atoms with Gasteiger partial charge in [-0.2, -0.15) is 0 Å². The molecule has 0 aromatic heterocycles. The highest BCUT2D eigenvalue weighted by Crippen LogP contribution is 2.17. The molecule has 1 unspecified atom stereocenters. The minimum atomic E-state index is -0.758. The van der Waals surface area contributed by atoms with Gasteiger partial charge in [0, 0.05) is 19.3 Å². The molecular weight excluding hydrogens is 624 g/mol. The minimum absolute atomic E-state index is 0.0667. The van der Waals surface area contributed by atoms with Gasteiger partial charge in [0.25, 0.3) is 0 Å². The summed E-state index contributed by atoms with van der Waals surface area (Å²) in [6.07, 6.45) is 34.0. The Bertz CT molecular complexity index is 766. The average molecular weight is 709 g/mol. The highest BCUT2D eigenvalue weighted by molar-refractivity contribution is 5.71. The molecule has 0 spiro atoms. The maximum absolute atomic E-state index is 12.5. The van der Waals surface area contributed by atoms with E-state index in [0.717, 1.165) is 76.0 Å². The van der Waals surface area contributed by atoms with Crippen LogP contribution in [0, 0.1) is 11.8 Å². The number of carbonyl (C=O) groups excluding carboxylic acids is 3. The lowest BCUT2D eigenvalue weighted by atomic mass is 9.99. The molecule has 0 aliphatic carbocycles. The summed E-state index contributed by atoms with van der Waals surface area (Å²) in [5.74, 6) is 0.806. The molecule has 2 atom stereocenters. The van der Waals surface area contributed by atoms with Gasteiger partial charge in [-0.1, -0.05) is 195 Å². The topological polar surface area (TPSA) is 78.9 Å². The first-order valence-corrected chi connectivity index (χ1v) is 21.8. The van der Waals surface area contributed by atoms with Crippen LogP contribution in [0.5, 0.6) is 0 Å². The molecule has 0 aromatic carbocycles. The first-order valence-electron chi connectivity index (χ1n) is 21.8. The summed E-state index contributed by atoms with van der Waals surface area (Å²) < 4.78 is 16.6. The molecule has 0 N–H and O–H groups in total. The number of carbonyl (C=O) groups is 3. The lowest BCUT2D eigenvalue weighted by Crippen LogP contribution is -2.30. The Morgan fingerprint density at radius 2 is 0.760 bits per heavy atom. The van der Waals surface area contributed by atoms with Crippen molar-refractivity contribution in [2.75, 3.05) is 13.2 Å². The van der Waals surface area contributed by atoms with Crippen LogP contribution in [0.15, 0.2) is 0 Å². The van der Waals surface area contributed by atoms with Crippen LogP contribution in [0.3, 0.4) is 0 Å². The third kappa shape index (κ3) is 36.2. The van der Waals surface area contributed by atoms with Crippen LogP contribution in [-0.2, 0) is 28.6 Å². The van der Waals surface area contributed by atoms with E-state index in [1.165, 1.54) is 116 Å². The summed E-state index contributed by atoms with van der Waals surface area (Å²) in [6.45, 7) is 11.3. The lowest BCUT2D eigenvalue weighted by molar-refractivity contribution is -0.167. The number of unbranched alkanes of at least 4 members (excludes halogenated alkanes) is 22. The summed E-state index contributed by atoms with van der Waals surface area (Å²) in [5, 5.41) is 0. The van der Waals surface area contributed by atoms with Gasteiger partial charge < -0.3 is 14.2 Å². The van der Waals surface area contributed by atoms with Gasteiger partial charge in [0.2, 0.25) is 0 Å². The molecule has 0 radical (unpaired) electrons. The molecule has 0 saturated heterocycles. The second-order valence-electron chi connectivity index (χ2n) is 15.7. The summed E-state index contributed by atoms with van der Waals surface area (Å²) >= 11 is 0. The molecule has 6 nitrogen and oxygen atoms in total. The van der Waals surface area contributed by atoms with Gasteiger partial charge in [-0.3, -0.25) is 14.4 Å².